The Morgan fingerprint density at radius 2 is 2.36 bits per heavy atom. The van der Waals surface area contributed by atoms with E-state index in [0.717, 1.165) is 0 Å². The highest BCUT2D eigenvalue weighted by Crippen LogP contribution is 2.10. The molecule has 5 heteroatoms. The molecule has 1 aromatic heterocycles. The number of carboxylic acids is 1. The summed E-state index contributed by atoms with van der Waals surface area (Å²) in [7, 11) is 0. The van der Waals surface area contributed by atoms with Crippen LogP contribution in [0.25, 0.3) is 0 Å². The summed E-state index contributed by atoms with van der Waals surface area (Å²) in [4.78, 5) is 17.6. The van der Waals surface area contributed by atoms with Crippen LogP contribution in [0.2, 0.25) is 0 Å². The number of aromatic carboxylic acids is 1. The first kappa shape index (κ1) is 8.13. The lowest BCUT2D eigenvalue weighted by atomic mass is 10.4. The van der Waals surface area contributed by atoms with Gasteiger partial charge in [0.25, 0.3) is 0 Å². The predicted octanol–water partition coefficient (Wildman–Crippen LogP) is 1.25. The highest BCUT2D eigenvalue weighted by molar-refractivity contribution is 9.10. The van der Waals surface area contributed by atoms with E-state index < -0.39 is 5.97 Å². The van der Waals surface area contributed by atoms with Gasteiger partial charge in [0.05, 0.1) is 10.2 Å². The summed E-state index contributed by atoms with van der Waals surface area (Å²) in [5.41, 5.74) is 0.623. The Morgan fingerprint density at radius 1 is 1.73 bits per heavy atom. The van der Waals surface area contributed by atoms with Gasteiger partial charge in [-0.05, 0) is 22.9 Å². The van der Waals surface area contributed by atoms with Crippen LogP contribution in [0.3, 0.4) is 0 Å². The maximum atomic E-state index is 10.3. The molecule has 0 radical (unpaired) electrons. The molecule has 0 aliphatic carbocycles. The molecule has 0 fully saturated rings. The maximum Gasteiger partial charge on any atom is 0.373 e. The second-order valence-electron chi connectivity index (χ2n) is 1.93. The van der Waals surface area contributed by atoms with Gasteiger partial charge in [-0.1, -0.05) is 0 Å². The van der Waals surface area contributed by atoms with E-state index >= 15 is 0 Å². The molecule has 0 atom stereocenters. The Balaban J connectivity index is 3.15. The van der Waals surface area contributed by atoms with E-state index in [1.54, 1.807) is 6.92 Å². The topological polar surface area (TPSA) is 63.1 Å². The molecule has 1 heterocycles. The molecular weight excluding hydrogens is 212 g/mol. The van der Waals surface area contributed by atoms with Crippen LogP contribution < -0.4 is 0 Å². The number of nitrogens with zero attached hydrogens (tertiary/aromatic N) is 2. The molecule has 0 bridgehead atoms. The van der Waals surface area contributed by atoms with Gasteiger partial charge >= 0.3 is 5.97 Å². The van der Waals surface area contributed by atoms with Crippen molar-refractivity contribution in [2.75, 3.05) is 0 Å². The summed E-state index contributed by atoms with van der Waals surface area (Å²) >= 11 is 3.16. The van der Waals surface area contributed by atoms with Crippen molar-refractivity contribution < 1.29 is 9.90 Å². The normalized spacial score (nSPS) is 9.64. The minimum atomic E-state index is -1.11. The number of rotatable bonds is 1. The third kappa shape index (κ3) is 1.74. The Hall–Kier alpha value is -0.970. The van der Waals surface area contributed by atoms with E-state index in [4.69, 9.17) is 5.11 Å². The van der Waals surface area contributed by atoms with Crippen molar-refractivity contribution in [2.45, 2.75) is 6.92 Å². The third-order valence-electron chi connectivity index (χ3n) is 1.11. The van der Waals surface area contributed by atoms with E-state index in [9.17, 15) is 4.79 Å². The molecule has 0 aromatic carbocycles. The van der Waals surface area contributed by atoms with E-state index in [1.165, 1.54) is 6.20 Å². The minimum Gasteiger partial charge on any atom is -0.475 e. The van der Waals surface area contributed by atoms with Crippen molar-refractivity contribution in [3.05, 3.63) is 22.2 Å². The van der Waals surface area contributed by atoms with Gasteiger partial charge in [-0.2, -0.15) is 0 Å². The van der Waals surface area contributed by atoms with Gasteiger partial charge in [0.1, 0.15) is 0 Å². The molecule has 0 amide bonds. The quantitative estimate of drug-likeness (QED) is 0.768. The van der Waals surface area contributed by atoms with Crippen LogP contribution in [0, 0.1) is 6.92 Å². The number of aryl methyl sites for hydroxylation is 1. The van der Waals surface area contributed by atoms with Crippen LogP contribution in [0.4, 0.5) is 0 Å². The second kappa shape index (κ2) is 2.96. The zero-order valence-corrected chi connectivity index (χ0v) is 7.29. The number of halogens is 1. The number of hydrogen-bond acceptors (Lipinski definition) is 3. The molecule has 0 unspecified atom stereocenters. The van der Waals surface area contributed by atoms with Crippen LogP contribution in [-0.2, 0) is 0 Å². The predicted molar refractivity (Wildman–Crippen MR) is 41.4 cm³/mol. The van der Waals surface area contributed by atoms with Gasteiger partial charge in [0.15, 0.2) is 0 Å². The third-order valence-corrected chi connectivity index (χ3v) is 1.89. The highest BCUT2D eigenvalue weighted by Gasteiger charge is 2.06. The molecule has 1 N–H and O–H groups in total. The summed E-state index contributed by atoms with van der Waals surface area (Å²) < 4.78 is 0.711. The zero-order chi connectivity index (χ0) is 8.43. The molecule has 0 spiro atoms. The fourth-order valence-electron chi connectivity index (χ4n) is 0.555. The molecule has 11 heavy (non-hydrogen) atoms. The minimum absolute atomic E-state index is 0.175. The van der Waals surface area contributed by atoms with Gasteiger partial charge in [-0.25, -0.2) is 14.8 Å². The SMILES string of the molecule is Cc1nc(C(=O)O)ncc1Br. The van der Waals surface area contributed by atoms with Crippen LogP contribution in [0.1, 0.15) is 16.3 Å². The number of carboxylic acid groups (broad SMARTS) is 1. The molecule has 1 rings (SSSR count). The largest absolute Gasteiger partial charge is 0.475 e. The zero-order valence-electron chi connectivity index (χ0n) is 5.71. The van der Waals surface area contributed by atoms with Crippen molar-refractivity contribution in [1.29, 1.82) is 0 Å². The number of carbonyl (C=O) groups is 1. The van der Waals surface area contributed by atoms with Crippen molar-refractivity contribution in [3.63, 3.8) is 0 Å². The fourth-order valence-corrected chi connectivity index (χ4v) is 0.746. The van der Waals surface area contributed by atoms with E-state index in [-0.39, 0.29) is 5.82 Å². The summed E-state index contributed by atoms with van der Waals surface area (Å²) in [6.45, 7) is 1.71. The molecule has 0 aliphatic rings. The lowest BCUT2D eigenvalue weighted by molar-refractivity contribution is 0.0683. The van der Waals surface area contributed by atoms with Crippen LogP contribution in [0.15, 0.2) is 10.7 Å². The Morgan fingerprint density at radius 3 is 2.82 bits per heavy atom. The summed E-state index contributed by atoms with van der Waals surface area (Å²) in [5.74, 6) is -1.29. The average Bonchev–Trinajstić information content (AvgIpc) is 1.94. The molecule has 1 aromatic rings. The first-order valence-electron chi connectivity index (χ1n) is 2.83. The lowest BCUT2D eigenvalue weighted by Crippen LogP contribution is -2.04. The van der Waals surface area contributed by atoms with Crippen molar-refractivity contribution >= 4 is 21.9 Å². The lowest BCUT2D eigenvalue weighted by Gasteiger charge is -1.96. The van der Waals surface area contributed by atoms with Crippen LogP contribution in [-0.4, -0.2) is 21.0 Å². The van der Waals surface area contributed by atoms with Gasteiger partial charge in [0, 0.05) is 6.20 Å². The summed E-state index contributed by atoms with van der Waals surface area (Å²) in [6.07, 6.45) is 1.42. The molecule has 0 saturated carbocycles. The Labute approximate surface area is 71.4 Å². The van der Waals surface area contributed by atoms with E-state index in [0.29, 0.717) is 10.2 Å². The molecule has 0 saturated heterocycles. The Bertz CT molecular complexity index is 301. The summed E-state index contributed by atoms with van der Waals surface area (Å²) in [6, 6.07) is 0. The highest BCUT2D eigenvalue weighted by atomic mass is 79.9. The molecule has 58 valence electrons. The van der Waals surface area contributed by atoms with Crippen LogP contribution >= 0.6 is 15.9 Å². The first-order valence-corrected chi connectivity index (χ1v) is 3.63. The van der Waals surface area contributed by atoms with Gasteiger partial charge in [-0.3, -0.25) is 0 Å². The van der Waals surface area contributed by atoms with Crippen molar-refractivity contribution in [3.8, 4) is 0 Å². The molecular formula is C6H5BrN2O2. The van der Waals surface area contributed by atoms with E-state index in [2.05, 4.69) is 25.9 Å². The van der Waals surface area contributed by atoms with Gasteiger partial charge in [-0.15, -0.1) is 0 Å². The Kier molecular flexibility index (Phi) is 2.19. The van der Waals surface area contributed by atoms with Crippen molar-refractivity contribution in [2.24, 2.45) is 0 Å². The van der Waals surface area contributed by atoms with E-state index in [1.807, 2.05) is 0 Å². The summed E-state index contributed by atoms with van der Waals surface area (Å²) in [5, 5.41) is 8.46. The first-order chi connectivity index (χ1) is 5.11. The molecule has 0 aliphatic heterocycles. The van der Waals surface area contributed by atoms with Gasteiger partial charge < -0.3 is 5.11 Å². The monoisotopic (exact) mass is 216 g/mol. The smallest absolute Gasteiger partial charge is 0.373 e. The number of hydrogen-bond donors (Lipinski definition) is 1. The maximum absolute atomic E-state index is 10.3. The number of aromatic nitrogens is 2. The average molecular weight is 217 g/mol. The fraction of sp³-hybridized carbons (Fsp3) is 0.167. The second-order valence-corrected chi connectivity index (χ2v) is 2.79. The van der Waals surface area contributed by atoms with Crippen LogP contribution in [0.5, 0.6) is 0 Å². The molecule has 4 nitrogen and oxygen atoms in total. The standard InChI is InChI=1S/C6H5BrN2O2/c1-3-4(7)2-8-5(9-3)6(10)11/h2H,1H3,(H,10,11). The van der Waals surface area contributed by atoms with Crippen molar-refractivity contribution in [1.82, 2.24) is 9.97 Å². The van der Waals surface area contributed by atoms with Gasteiger partial charge in [0.2, 0.25) is 5.82 Å².